The second-order valence-electron chi connectivity index (χ2n) is 4.46. The van der Waals surface area contributed by atoms with E-state index in [0.717, 1.165) is 12.1 Å². The van der Waals surface area contributed by atoms with E-state index in [0.29, 0.717) is 6.04 Å². The molecule has 0 aromatic heterocycles. The first-order valence-corrected chi connectivity index (χ1v) is 4.83. The summed E-state index contributed by atoms with van der Waals surface area (Å²) in [4.78, 5) is 4.88. The van der Waals surface area contributed by atoms with E-state index < -0.39 is 0 Å². The van der Waals surface area contributed by atoms with Crippen LogP contribution < -0.4 is 5.73 Å². The Morgan fingerprint density at radius 3 is 2.25 bits per heavy atom. The first-order valence-electron chi connectivity index (χ1n) is 4.83. The van der Waals surface area contributed by atoms with Gasteiger partial charge >= 0.3 is 0 Å². The summed E-state index contributed by atoms with van der Waals surface area (Å²) >= 11 is 0. The lowest BCUT2D eigenvalue weighted by molar-refractivity contribution is -0.00722. The van der Waals surface area contributed by atoms with Crippen LogP contribution in [-0.4, -0.2) is 55.1 Å². The van der Waals surface area contributed by atoms with Crippen molar-refractivity contribution in [3.8, 4) is 0 Å². The number of rotatable bonds is 2. The molecule has 70 valence electrons. The molecule has 0 atom stereocenters. The van der Waals surface area contributed by atoms with E-state index in [2.05, 4.69) is 23.9 Å². The number of likely N-dealkylation sites (tertiary alicyclic amines) is 1. The van der Waals surface area contributed by atoms with Gasteiger partial charge in [-0.05, 0) is 26.9 Å². The summed E-state index contributed by atoms with van der Waals surface area (Å²) in [5.74, 6) is 0. The summed E-state index contributed by atoms with van der Waals surface area (Å²) in [6.07, 6.45) is 2.44. The molecule has 0 aromatic rings. The largest absolute Gasteiger partial charge is 0.328 e. The molecule has 0 aromatic carbocycles. The molecule has 2 rings (SSSR count). The van der Waals surface area contributed by atoms with Gasteiger partial charge in [0.2, 0.25) is 0 Å². The molecule has 0 unspecified atom stereocenters. The van der Waals surface area contributed by atoms with Crippen LogP contribution in [0, 0.1) is 0 Å². The third-order valence-electron chi connectivity index (χ3n) is 3.29. The minimum Gasteiger partial charge on any atom is -0.328 e. The fourth-order valence-corrected chi connectivity index (χ4v) is 2.04. The quantitative estimate of drug-likeness (QED) is 0.617. The highest BCUT2D eigenvalue weighted by Crippen LogP contribution is 2.28. The highest BCUT2D eigenvalue weighted by Gasteiger charge is 2.38. The van der Waals surface area contributed by atoms with Gasteiger partial charge in [-0.1, -0.05) is 0 Å². The fourth-order valence-electron chi connectivity index (χ4n) is 2.04. The zero-order chi connectivity index (χ0) is 8.72. The van der Waals surface area contributed by atoms with Gasteiger partial charge in [0, 0.05) is 31.2 Å². The van der Waals surface area contributed by atoms with Gasteiger partial charge in [0.25, 0.3) is 0 Å². The zero-order valence-electron chi connectivity index (χ0n) is 8.03. The summed E-state index contributed by atoms with van der Waals surface area (Å²) < 4.78 is 0. The molecule has 3 heteroatoms. The van der Waals surface area contributed by atoms with Crippen molar-refractivity contribution in [1.29, 1.82) is 0 Å². The van der Waals surface area contributed by atoms with Crippen LogP contribution >= 0.6 is 0 Å². The van der Waals surface area contributed by atoms with Crippen LogP contribution in [0.4, 0.5) is 0 Å². The zero-order valence-corrected chi connectivity index (χ0v) is 8.03. The third kappa shape index (κ3) is 1.37. The van der Waals surface area contributed by atoms with Gasteiger partial charge in [-0.15, -0.1) is 0 Å². The molecule has 1 aliphatic carbocycles. The number of hydrogen-bond donors (Lipinski definition) is 1. The highest BCUT2D eigenvalue weighted by atomic mass is 15.3. The SMILES string of the molecule is CN(C)C1CN(C2CC(N)C2)C1. The maximum absolute atomic E-state index is 5.74. The molecule has 0 radical (unpaired) electrons. The number of likely N-dealkylation sites (N-methyl/N-ethyl adjacent to an activating group) is 1. The first-order chi connectivity index (χ1) is 5.66. The van der Waals surface area contributed by atoms with E-state index in [4.69, 9.17) is 5.73 Å². The van der Waals surface area contributed by atoms with Crippen LogP contribution in [0.25, 0.3) is 0 Å². The van der Waals surface area contributed by atoms with Crippen molar-refractivity contribution in [3.05, 3.63) is 0 Å². The maximum Gasteiger partial charge on any atom is 0.0344 e. The van der Waals surface area contributed by atoms with Crippen LogP contribution in [0.1, 0.15) is 12.8 Å². The molecule has 0 spiro atoms. The van der Waals surface area contributed by atoms with Gasteiger partial charge in [0.1, 0.15) is 0 Å². The van der Waals surface area contributed by atoms with Gasteiger partial charge in [0.15, 0.2) is 0 Å². The Morgan fingerprint density at radius 2 is 1.83 bits per heavy atom. The lowest BCUT2D eigenvalue weighted by Gasteiger charge is -2.51. The van der Waals surface area contributed by atoms with Gasteiger partial charge in [-0.2, -0.15) is 0 Å². The van der Waals surface area contributed by atoms with Crippen molar-refractivity contribution in [2.24, 2.45) is 5.73 Å². The lowest BCUT2D eigenvalue weighted by Crippen LogP contribution is -2.64. The molecule has 1 saturated carbocycles. The molecule has 2 N–H and O–H groups in total. The van der Waals surface area contributed by atoms with Gasteiger partial charge in [-0.25, -0.2) is 0 Å². The van der Waals surface area contributed by atoms with Crippen molar-refractivity contribution >= 4 is 0 Å². The monoisotopic (exact) mass is 169 g/mol. The minimum absolute atomic E-state index is 0.494. The second-order valence-corrected chi connectivity index (χ2v) is 4.46. The summed E-state index contributed by atoms with van der Waals surface area (Å²) in [6.45, 7) is 2.51. The predicted molar refractivity (Wildman–Crippen MR) is 50.0 cm³/mol. The Morgan fingerprint density at radius 1 is 1.25 bits per heavy atom. The van der Waals surface area contributed by atoms with Crippen molar-refractivity contribution in [1.82, 2.24) is 9.80 Å². The highest BCUT2D eigenvalue weighted by molar-refractivity contribution is 4.97. The molecule has 1 heterocycles. The van der Waals surface area contributed by atoms with Crippen molar-refractivity contribution in [2.45, 2.75) is 31.0 Å². The smallest absolute Gasteiger partial charge is 0.0344 e. The van der Waals surface area contributed by atoms with Crippen LogP contribution in [-0.2, 0) is 0 Å². The van der Waals surface area contributed by atoms with Crippen LogP contribution in [0.15, 0.2) is 0 Å². The molecular weight excluding hydrogens is 150 g/mol. The van der Waals surface area contributed by atoms with E-state index in [1.165, 1.54) is 25.9 Å². The third-order valence-corrected chi connectivity index (χ3v) is 3.29. The minimum atomic E-state index is 0.494. The van der Waals surface area contributed by atoms with Crippen LogP contribution in [0.2, 0.25) is 0 Å². The molecule has 0 amide bonds. The molecule has 0 bridgehead atoms. The Bertz CT molecular complexity index is 157. The topological polar surface area (TPSA) is 32.5 Å². The van der Waals surface area contributed by atoms with Crippen LogP contribution in [0.3, 0.4) is 0 Å². The Hall–Kier alpha value is -0.120. The molecule has 1 aliphatic heterocycles. The Kier molecular flexibility index (Phi) is 2.10. The predicted octanol–water partition coefficient (Wildman–Crippen LogP) is -0.278. The molecule has 2 aliphatic rings. The molecule has 2 fully saturated rings. The summed E-state index contributed by atoms with van der Waals surface area (Å²) in [5.41, 5.74) is 5.74. The fraction of sp³-hybridized carbons (Fsp3) is 1.00. The Balaban J connectivity index is 1.68. The average molecular weight is 169 g/mol. The van der Waals surface area contributed by atoms with Gasteiger partial charge < -0.3 is 10.6 Å². The first kappa shape index (κ1) is 8.48. The number of hydrogen-bond acceptors (Lipinski definition) is 3. The van der Waals surface area contributed by atoms with Gasteiger partial charge in [-0.3, -0.25) is 4.90 Å². The number of nitrogens with zero attached hydrogens (tertiary/aromatic N) is 2. The molecular formula is C9H19N3. The van der Waals surface area contributed by atoms with E-state index in [9.17, 15) is 0 Å². The summed E-state index contributed by atoms with van der Waals surface area (Å²) in [7, 11) is 4.32. The van der Waals surface area contributed by atoms with Crippen molar-refractivity contribution in [3.63, 3.8) is 0 Å². The molecule has 12 heavy (non-hydrogen) atoms. The Labute approximate surface area is 74.5 Å². The lowest BCUT2D eigenvalue weighted by atomic mass is 9.84. The molecule has 3 nitrogen and oxygen atoms in total. The average Bonchev–Trinajstić information content (AvgIpc) is 1.79. The van der Waals surface area contributed by atoms with Crippen LogP contribution in [0.5, 0.6) is 0 Å². The second kappa shape index (κ2) is 2.98. The summed E-state index contributed by atoms with van der Waals surface area (Å²) in [5, 5.41) is 0. The maximum atomic E-state index is 5.74. The van der Waals surface area contributed by atoms with Gasteiger partial charge in [0.05, 0.1) is 0 Å². The summed E-state index contributed by atoms with van der Waals surface area (Å²) in [6, 6.07) is 2.10. The van der Waals surface area contributed by atoms with E-state index in [1.807, 2.05) is 0 Å². The van der Waals surface area contributed by atoms with E-state index in [1.54, 1.807) is 0 Å². The normalized spacial score (nSPS) is 38.0. The standard InChI is InChI=1S/C9H19N3/c1-11(2)9-5-12(6-9)8-3-7(10)4-8/h7-9H,3-6,10H2,1-2H3. The van der Waals surface area contributed by atoms with Crippen molar-refractivity contribution < 1.29 is 0 Å². The van der Waals surface area contributed by atoms with E-state index >= 15 is 0 Å². The molecule has 1 saturated heterocycles. The van der Waals surface area contributed by atoms with E-state index in [-0.39, 0.29) is 0 Å². The number of nitrogens with two attached hydrogens (primary N) is 1. The van der Waals surface area contributed by atoms with Crippen molar-refractivity contribution in [2.75, 3.05) is 27.2 Å².